The Morgan fingerprint density at radius 1 is 0.625 bits per heavy atom. The van der Waals surface area contributed by atoms with Crippen molar-refractivity contribution in [2.45, 2.75) is 12.1 Å². The average molecular weight is 514 g/mol. The fraction of sp³-hybridized carbons (Fsp3) is 0.0556. The minimum absolute atomic E-state index is 0.196. The highest BCUT2D eigenvalue weighted by atomic mass is 16.3. The van der Waals surface area contributed by atoms with Crippen LogP contribution >= 0.6 is 0 Å². The number of rotatable bonds is 1. The zero-order valence-electron chi connectivity index (χ0n) is 21.5. The molecule has 0 amide bonds. The van der Waals surface area contributed by atoms with E-state index in [4.69, 9.17) is 4.42 Å². The lowest BCUT2D eigenvalue weighted by Gasteiger charge is -2.33. The van der Waals surface area contributed by atoms with Gasteiger partial charge in [0.15, 0.2) is 0 Å². The number of furan rings is 1. The van der Waals surface area contributed by atoms with Gasteiger partial charge >= 0.3 is 0 Å². The van der Waals surface area contributed by atoms with Crippen LogP contribution in [0.5, 0.6) is 0 Å². The third-order valence-corrected chi connectivity index (χ3v) is 8.94. The molecule has 40 heavy (non-hydrogen) atoms. The van der Waals surface area contributed by atoms with E-state index in [1.165, 1.54) is 60.2 Å². The van der Waals surface area contributed by atoms with Crippen LogP contribution in [0.15, 0.2) is 120 Å². The van der Waals surface area contributed by atoms with Crippen molar-refractivity contribution < 1.29 is 4.42 Å². The van der Waals surface area contributed by atoms with Gasteiger partial charge in [-0.25, -0.2) is 0 Å². The summed E-state index contributed by atoms with van der Waals surface area (Å²) in [5, 5.41) is 16.4. The largest absolute Gasteiger partial charge is 0.456 e. The molecule has 0 fully saturated rings. The number of hydrogen-bond donors (Lipinski definition) is 2. The van der Waals surface area contributed by atoms with E-state index in [1.807, 2.05) is 6.07 Å². The van der Waals surface area contributed by atoms with Crippen molar-refractivity contribution in [1.82, 2.24) is 4.40 Å². The fourth-order valence-electron chi connectivity index (χ4n) is 7.24. The fourth-order valence-corrected chi connectivity index (χ4v) is 7.24. The molecular formula is C36H23N3O. The minimum atomic E-state index is 0.196. The quantitative estimate of drug-likeness (QED) is 0.230. The zero-order valence-corrected chi connectivity index (χ0v) is 21.5. The van der Waals surface area contributed by atoms with Crippen LogP contribution in [0.1, 0.15) is 0 Å². The molecule has 0 saturated carbocycles. The highest BCUT2D eigenvalue weighted by Crippen LogP contribution is 2.50. The van der Waals surface area contributed by atoms with Gasteiger partial charge in [0.1, 0.15) is 17.0 Å². The van der Waals surface area contributed by atoms with Crippen LogP contribution in [0, 0.1) is 0 Å². The van der Waals surface area contributed by atoms with Gasteiger partial charge in [-0.05, 0) is 52.2 Å². The second kappa shape index (κ2) is 7.25. The van der Waals surface area contributed by atoms with E-state index in [2.05, 4.69) is 124 Å². The molecule has 0 bridgehead atoms. The Labute approximate surface area is 229 Å². The zero-order chi connectivity index (χ0) is 25.9. The molecule has 1 aliphatic heterocycles. The predicted molar refractivity (Wildman–Crippen MR) is 167 cm³/mol. The summed E-state index contributed by atoms with van der Waals surface area (Å²) in [4.78, 5) is 0. The second-order valence-electron chi connectivity index (χ2n) is 11.0. The first-order valence-electron chi connectivity index (χ1n) is 13.9. The molecule has 2 N–H and O–H groups in total. The summed E-state index contributed by atoms with van der Waals surface area (Å²) in [6.45, 7) is 0. The minimum Gasteiger partial charge on any atom is -0.456 e. The number of anilines is 2. The summed E-state index contributed by atoms with van der Waals surface area (Å²) in [5.74, 6) is 1.12. The van der Waals surface area contributed by atoms with Gasteiger partial charge in [-0.3, -0.25) is 4.40 Å². The Kier molecular flexibility index (Phi) is 3.75. The number of allylic oxidation sites excluding steroid dienone is 2. The summed E-state index contributed by atoms with van der Waals surface area (Å²) < 4.78 is 8.78. The highest BCUT2D eigenvalue weighted by molar-refractivity contribution is 6.31. The molecule has 3 aromatic heterocycles. The summed E-state index contributed by atoms with van der Waals surface area (Å²) >= 11 is 0. The molecule has 4 nitrogen and oxygen atoms in total. The van der Waals surface area contributed by atoms with Gasteiger partial charge < -0.3 is 15.1 Å². The lowest BCUT2D eigenvalue weighted by Crippen LogP contribution is -2.41. The molecule has 0 saturated heterocycles. The van der Waals surface area contributed by atoms with Crippen molar-refractivity contribution in [3.8, 4) is 11.1 Å². The Balaban J connectivity index is 1.41. The molecule has 0 radical (unpaired) electrons. The number of aromatic nitrogens is 1. The number of fused-ring (bicyclic) bond motifs is 12. The van der Waals surface area contributed by atoms with Crippen molar-refractivity contribution >= 4 is 71.4 Å². The van der Waals surface area contributed by atoms with Crippen LogP contribution in [0.25, 0.3) is 71.0 Å². The lowest BCUT2D eigenvalue weighted by atomic mass is 9.94. The molecule has 8 aromatic rings. The molecule has 1 aliphatic carbocycles. The molecule has 2 aliphatic rings. The molecule has 4 heteroatoms. The van der Waals surface area contributed by atoms with Crippen molar-refractivity contribution in [3.63, 3.8) is 0 Å². The molecule has 5 aromatic carbocycles. The standard InChI is InChI=1S/C36H23N3O/c1-2-10-22-20(8-1)9-7-12-23(22)21-18-25-32-29(16-17-31-33(32)24-11-3-6-15-30(24)40-31)39-35(25)26(19-21)34-36(39)38-28-14-5-4-13-27(28)37-34/h1-19,27-28,37-38H. The van der Waals surface area contributed by atoms with Gasteiger partial charge in [0.05, 0.1) is 28.8 Å². The van der Waals surface area contributed by atoms with E-state index < -0.39 is 0 Å². The Morgan fingerprint density at radius 2 is 1.40 bits per heavy atom. The van der Waals surface area contributed by atoms with E-state index in [-0.39, 0.29) is 12.1 Å². The van der Waals surface area contributed by atoms with Crippen LogP contribution in [-0.4, -0.2) is 16.5 Å². The summed E-state index contributed by atoms with van der Waals surface area (Å²) in [7, 11) is 0. The van der Waals surface area contributed by atoms with Gasteiger partial charge in [-0.2, -0.15) is 0 Å². The van der Waals surface area contributed by atoms with Crippen molar-refractivity contribution in [2.75, 3.05) is 10.6 Å². The van der Waals surface area contributed by atoms with Crippen LogP contribution in [-0.2, 0) is 0 Å². The van der Waals surface area contributed by atoms with Gasteiger partial charge in [0.25, 0.3) is 0 Å². The molecular weight excluding hydrogens is 490 g/mol. The third kappa shape index (κ3) is 2.51. The highest BCUT2D eigenvalue weighted by Gasteiger charge is 2.32. The number of para-hydroxylation sites is 1. The topological polar surface area (TPSA) is 41.6 Å². The van der Waals surface area contributed by atoms with Gasteiger partial charge in [0, 0.05) is 26.9 Å². The smallest absolute Gasteiger partial charge is 0.136 e. The van der Waals surface area contributed by atoms with Crippen LogP contribution in [0.3, 0.4) is 0 Å². The first-order valence-corrected chi connectivity index (χ1v) is 13.9. The molecule has 10 rings (SSSR count). The normalized spacial score (nSPS) is 18.2. The Morgan fingerprint density at radius 3 is 2.33 bits per heavy atom. The summed E-state index contributed by atoms with van der Waals surface area (Å²) in [6, 6.07) is 33.2. The number of hydrogen-bond acceptors (Lipinski definition) is 3. The van der Waals surface area contributed by atoms with E-state index in [9.17, 15) is 0 Å². The molecule has 188 valence electrons. The van der Waals surface area contributed by atoms with Crippen molar-refractivity contribution in [1.29, 1.82) is 0 Å². The van der Waals surface area contributed by atoms with E-state index in [0.717, 1.165) is 22.4 Å². The van der Waals surface area contributed by atoms with Crippen LogP contribution in [0.4, 0.5) is 11.5 Å². The van der Waals surface area contributed by atoms with Gasteiger partial charge in [0.2, 0.25) is 0 Å². The predicted octanol–water partition coefficient (Wildman–Crippen LogP) is 9.10. The number of benzene rings is 5. The SMILES string of the molecule is C1=CC2Nc3c(n4c5ccc6oc7ccccc7c6c5c5cc(-c6cccc7ccccc67)cc3c54)NC2C=C1. The van der Waals surface area contributed by atoms with E-state index >= 15 is 0 Å². The summed E-state index contributed by atoms with van der Waals surface area (Å²) in [5.41, 5.74) is 7.93. The van der Waals surface area contributed by atoms with E-state index in [0.29, 0.717) is 0 Å². The molecule has 0 spiro atoms. The van der Waals surface area contributed by atoms with Crippen molar-refractivity contribution in [2.24, 2.45) is 0 Å². The molecule has 2 unspecified atom stereocenters. The van der Waals surface area contributed by atoms with Crippen LogP contribution in [0.2, 0.25) is 0 Å². The maximum Gasteiger partial charge on any atom is 0.136 e. The Bertz CT molecular complexity index is 2400. The average Bonchev–Trinajstić information content (AvgIpc) is 3.65. The van der Waals surface area contributed by atoms with Crippen molar-refractivity contribution in [3.05, 3.63) is 115 Å². The maximum atomic E-state index is 6.35. The molecule has 4 heterocycles. The van der Waals surface area contributed by atoms with Gasteiger partial charge in [-0.15, -0.1) is 0 Å². The first-order chi connectivity index (χ1) is 19.8. The Hall–Kier alpha value is -5.22. The monoisotopic (exact) mass is 513 g/mol. The van der Waals surface area contributed by atoms with Crippen LogP contribution < -0.4 is 10.6 Å². The number of nitrogens with zero attached hydrogens (tertiary/aromatic N) is 1. The van der Waals surface area contributed by atoms with Gasteiger partial charge in [-0.1, -0.05) is 85.0 Å². The van der Waals surface area contributed by atoms with E-state index in [1.54, 1.807) is 0 Å². The third-order valence-electron chi connectivity index (χ3n) is 8.94. The summed E-state index contributed by atoms with van der Waals surface area (Å²) in [6.07, 6.45) is 8.76. The maximum absolute atomic E-state index is 6.35. The first kappa shape index (κ1) is 20.7. The second-order valence-corrected chi connectivity index (χ2v) is 11.0. The molecule has 2 atom stereocenters. The lowest BCUT2D eigenvalue weighted by molar-refractivity contribution is 0.669. The number of nitrogens with one attached hydrogen (secondary N) is 2.